The summed E-state index contributed by atoms with van der Waals surface area (Å²) in [5.74, 6) is -0.0502. The molecule has 4 nitrogen and oxygen atoms in total. The number of amides is 1. The summed E-state index contributed by atoms with van der Waals surface area (Å²) < 4.78 is 1.79. The summed E-state index contributed by atoms with van der Waals surface area (Å²) in [7, 11) is 0. The number of carbonyl (C=O) groups is 1. The fourth-order valence-electron chi connectivity index (χ4n) is 1.88. The van der Waals surface area contributed by atoms with Gasteiger partial charge in [0.25, 0.3) is 5.91 Å². The number of carbonyl (C=O) groups excluding carboxylic acids is 1. The van der Waals surface area contributed by atoms with Crippen LogP contribution in [-0.4, -0.2) is 33.4 Å². The molecule has 2 aromatic rings. The third kappa shape index (κ3) is 2.96. The van der Waals surface area contributed by atoms with Crippen molar-refractivity contribution in [1.29, 1.82) is 0 Å². The summed E-state index contributed by atoms with van der Waals surface area (Å²) in [4.78, 5) is 18.1. The number of imidazole rings is 1. The van der Waals surface area contributed by atoms with Crippen LogP contribution in [0.2, 0.25) is 5.02 Å². The van der Waals surface area contributed by atoms with Crippen LogP contribution in [-0.2, 0) is 0 Å². The van der Waals surface area contributed by atoms with E-state index in [1.807, 2.05) is 38.1 Å². The molecule has 0 saturated carbocycles. The van der Waals surface area contributed by atoms with Gasteiger partial charge in [-0.15, -0.1) is 0 Å². The van der Waals surface area contributed by atoms with Crippen molar-refractivity contribution in [3.63, 3.8) is 0 Å². The SMILES string of the molecule is CCN(CC)C(=O)c1cn(-c2cccc(Cl)c2)cn1. The summed E-state index contributed by atoms with van der Waals surface area (Å²) in [5.41, 5.74) is 1.34. The van der Waals surface area contributed by atoms with Crippen LogP contribution in [0.4, 0.5) is 0 Å². The second kappa shape index (κ2) is 5.89. The van der Waals surface area contributed by atoms with Crippen LogP contribution in [0.5, 0.6) is 0 Å². The maximum absolute atomic E-state index is 12.1. The molecule has 0 aliphatic carbocycles. The van der Waals surface area contributed by atoms with Crippen LogP contribution >= 0.6 is 11.6 Å². The Bertz CT molecular complexity index is 576. The van der Waals surface area contributed by atoms with Gasteiger partial charge in [-0.1, -0.05) is 17.7 Å². The van der Waals surface area contributed by atoms with Gasteiger partial charge < -0.3 is 9.47 Å². The Morgan fingerprint density at radius 2 is 2.11 bits per heavy atom. The molecule has 0 radical (unpaired) electrons. The van der Waals surface area contributed by atoms with E-state index in [2.05, 4.69) is 4.98 Å². The van der Waals surface area contributed by atoms with E-state index in [0.717, 1.165) is 5.69 Å². The second-order valence-corrected chi connectivity index (χ2v) is 4.56. The van der Waals surface area contributed by atoms with Crippen molar-refractivity contribution in [2.24, 2.45) is 0 Å². The van der Waals surface area contributed by atoms with Gasteiger partial charge in [0.2, 0.25) is 0 Å². The van der Waals surface area contributed by atoms with Crippen LogP contribution in [0.15, 0.2) is 36.8 Å². The molecule has 0 fully saturated rings. The zero-order valence-electron chi connectivity index (χ0n) is 11.0. The highest BCUT2D eigenvalue weighted by Gasteiger charge is 2.15. The molecule has 0 bridgehead atoms. The Kier molecular flexibility index (Phi) is 4.22. The van der Waals surface area contributed by atoms with Gasteiger partial charge in [0, 0.05) is 30.0 Å². The van der Waals surface area contributed by atoms with Crippen molar-refractivity contribution in [2.45, 2.75) is 13.8 Å². The highest BCUT2D eigenvalue weighted by molar-refractivity contribution is 6.30. The van der Waals surface area contributed by atoms with Crippen molar-refractivity contribution in [3.05, 3.63) is 47.5 Å². The van der Waals surface area contributed by atoms with E-state index in [-0.39, 0.29) is 5.91 Å². The van der Waals surface area contributed by atoms with E-state index in [1.54, 1.807) is 22.0 Å². The molecule has 1 amide bonds. The van der Waals surface area contributed by atoms with E-state index in [1.165, 1.54) is 0 Å². The molecule has 2 rings (SSSR count). The lowest BCUT2D eigenvalue weighted by atomic mass is 10.3. The van der Waals surface area contributed by atoms with Crippen LogP contribution in [0, 0.1) is 0 Å². The molecule has 1 aromatic heterocycles. The van der Waals surface area contributed by atoms with E-state index >= 15 is 0 Å². The van der Waals surface area contributed by atoms with Gasteiger partial charge >= 0.3 is 0 Å². The first-order valence-corrected chi connectivity index (χ1v) is 6.62. The highest BCUT2D eigenvalue weighted by Crippen LogP contribution is 2.15. The van der Waals surface area contributed by atoms with Crippen molar-refractivity contribution < 1.29 is 4.79 Å². The molecule has 0 aliphatic rings. The molecule has 0 saturated heterocycles. The van der Waals surface area contributed by atoms with Gasteiger partial charge in [-0.3, -0.25) is 4.79 Å². The summed E-state index contributed by atoms with van der Waals surface area (Å²) in [6.45, 7) is 5.27. The van der Waals surface area contributed by atoms with Crippen LogP contribution in [0.25, 0.3) is 5.69 Å². The molecular formula is C14H16ClN3O. The topological polar surface area (TPSA) is 38.1 Å². The third-order valence-corrected chi connectivity index (χ3v) is 3.19. The highest BCUT2D eigenvalue weighted by atomic mass is 35.5. The Hall–Kier alpha value is -1.81. The smallest absolute Gasteiger partial charge is 0.274 e. The molecule has 5 heteroatoms. The van der Waals surface area contributed by atoms with Crippen molar-refractivity contribution in [1.82, 2.24) is 14.5 Å². The zero-order valence-corrected chi connectivity index (χ0v) is 11.8. The van der Waals surface area contributed by atoms with E-state index in [0.29, 0.717) is 23.8 Å². The monoisotopic (exact) mass is 277 g/mol. The first-order valence-electron chi connectivity index (χ1n) is 6.25. The molecule has 0 spiro atoms. The summed E-state index contributed by atoms with van der Waals surface area (Å²) in [6, 6.07) is 7.42. The third-order valence-electron chi connectivity index (χ3n) is 2.96. The van der Waals surface area contributed by atoms with Crippen LogP contribution in [0.3, 0.4) is 0 Å². The number of nitrogens with zero attached hydrogens (tertiary/aromatic N) is 3. The van der Waals surface area contributed by atoms with Gasteiger partial charge in [-0.25, -0.2) is 4.98 Å². The second-order valence-electron chi connectivity index (χ2n) is 4.12. The fourth-order valence-corrected chi connectivity index (χ4v) is 2.07. The molecule has 0 atom stereocenters. The summed E-state index contributed by atoms with van der Waals surface area (Å²) in [5, 5.41) is 0.655. The number of halogens is 1. The standard InChI is InChI=1S/C14H16ClN3O/c1-3-17(4-2)14(19)13-9-18(10-16-13)12-7-5-6-11(15)8-12/h5-10H,3-4H2,1-2H3. The Morgan fingerprint density at radius 1 is 1.37 bits per heavy atom. The quantitative estimate of drug-likeness (QED) is 0.862. The van der Waals surface area contributed by atoms with Gasteiger partial charge in [-0.2, -0.15) is 0 Å². The Morgan fingerprint density at radius 3 is 2.74 bits per heavy atom. The number of rotatable bonds is 4. The van der Waals surface area contributed by atoms with Crippen LogP contribution in [0.1, 0.15) is 24.3 Å². The molecule has 0 N–H and O–H groups in total. The minimum atomic E-state index is -0.0502. The number of aromatic nitrogens is 2. The van der Waals surface area contributed by atoms with E-state index < -0.39 is 0 Å². The summed E-state index contributed by atoms with van der Waals surface area (Å²) in [6.07, 6.45) is 3.36. The Labute approximate surface area is 117 Å². The average molecular weight is 278 g/mol. The lowest BCUT2D eigenvalue weighted by molar-refractivity contribution is 0.0767. The minimum Gasteiger partial charge on any atom is -0.338 e. The predicted molar refractivity (Wildman–Crippen MR) is 75.8 cm³/mol. The van der Waals surface area contributed by atoms with Gasteiger partial charge in [0.05, 0.1) is 0 Å². The molecule has 1 aromatic carbocycles. The fraction of sp³-hybridized carbons (Fsp3) is 0.286. The molecule has 0 aliphatic heterocycles. The van der Waals surface area contributed by atoms with Gasteiger partial charge in [0.15, 0.2) is 0 Å². The normalized spacial score (nSPS) is 10.5. The van der Waals surface area contributed by atoms with Gasteiger partial charge in [0.1, 0.15) is 12.0 Å². The lowest BCUT2D eigenvalue weighted by Gasteiger charge is -2.16. The summed E-state index contributed by atoms with van der Waals surface area (Å²) >= 11 is 5.95. The maximum Gasteiger partial charge on any atom is 0.274 e. The van der Waals surface area contributed by atoms with E-state index in [4.69, 9.17) is 11.6 Å². The first-order chi connectivity index (χ1) is 9.15. The van der Waals surface area contributed by atoms with Gasteiger partial charge in [-0.05, 0) is 32.0 Å². The van der Waals surface area contributed by atoms with E-state index in [9.17, 15) is 4.79 Å². The Balaban J connectivity index is 2.26. The molecule has 100 valence electrons. The van der Waals surface area contributed by atoms with Crippen molar-refractivity contribution in [3.8, 4) is 5.69 Å². The minimum absolute atomic E-state index is 0.0502. The number of hydrogen-bond acceptors (Lipinski definition) is 2. The lowest BCUT2D eigenvalue weighted by Crippen LogP contribution is -2.30. The van der Waals surface area contributed by atoms with Crippen LogP contribution < -0.4 is 0 Å². The zero-order chi connectivity index (χ0) is 13.8. The van der Waals surface area contributed by atoms with Crippen molar-refractivity contribution >= 4 is 17.5 Å². The molecular weight excluding hydrogens is 262 g/mol. The average Bonchev–Trinajstić information content (AvgIpc) is 2.89. The number of benzene rings is 1. The predicted octanol–water partition coefficient (Wildman–Crippen LogP) is 3.01. The molecule has 1 heterocycles. The first kappa shape index (κ1) is 13.6. The molecule has 19 heavy (non-hydrogen) atoms. The number of hydrogen-bond donors (Lipinski definition) is 0. The molecule has 0 unspecified atom stereocenters. The van der Waals surface area contributed by atoms with Crippen molar-refractivity contribution in [2.75, 3.05) is 13.1 Å². The largest absolute Gasteiger partial charge is 0.338 e. The maximum atomic E-state index is 12.1.